The quantitative estimate of drug-likeness (QED) is 0.785. The van der Waals surface area contributed by atoms with Crippen molar-refractivity contribution in [3.05, 3.63) is 53.6 Å². The smallest absolute Gasteiger partial charge is 0.183 e. The van der Waals surface area contributed by atoms with Crippen LogP contribution in [0, 0.1) is 18.3 Å². The standard InChI is InChI=1S/C19H19N5/c1-13-18(15-4-2-3-5-16(15)23-13)14-6-10-24(11-7-14)19-17(12-20)21-8-9-22-19/h2-5,8-9,14,23H,6-7,10-11H2,1H3. The number of H-pyrrole nitrogens is 1. The van der Waals surface area contributed by atoms with Gasteiger partial charge in [-0.05, 0) is 37.3 Å². The summed E-state index contributed by atoms with van der Waals surface area (Å²) in [7, 11) is 0. The number of piperidine rings is 1. The van der Waals surface area contributed by atoms with E-state index in [0.29, 0.717) is 17.4 Å². The summed E-state index contributed by atoms with van der Waals surface area (Å²) < 4.78 is 0. The molecule has 1 N–H and O–H groups in total. The number of nitrogens with zero attached hydrogens (tertiary/aromatic N) is 4. The van der Waals surface area contributed by atoms with Gasteiger partial charge in [0.15, 0.2) is 11.5 Å². The third-order valence-corrected chi connectivity index (χ3v) is 4.93. The number of aromatic amines is 1. The number of anilines is 1. The van der Waals surface area contributed by atoms with Gasteiger partial charge in [-0.3, -0.25) is 0 Å². The fourth-order valence-corrected chi connectivity index (χ4v) is 3.85. The lowest BCUT2D eigenvalue weighted by Crippen LogP contribution is -2.34. The minimum atomic E-state index is 0.416. The van der Waals surface area contributed by atoms with Crippen LogP contribution in [0.4, 0.5) is 5.82 Å². The maximum absolute atomic E-state index is 9.22. The maximum Gasteiger partial charge on any atom is 0.183 e. The highest BCUT2D eigenvalue weighted by molar-refractivity contribution is 5.85. The van der Waals surface area contributed by atoms with Gasteiger partial charge in [-0.2, -0.15) is 5.26 Å². The zero-order chi connectivity index (χ0) is 16.5. The third kappa shape index (κ3) is 2.41. The molecule has 1 saturated heterocycles. The van der Waals surface area contributed by atoms with Gasteiger partial charge in [-0.15, -0.1) is 0 Å². The van der Waals surface area contributed by atoms with Gasteiger partial charge in [0.1, 0.15) is 6.07 Å². The Hall–Kier alpha value is -2.87. The summed E-state index contributed by atoms with van der Waals surface area (Å²) in [6.07, 6.45) is 5.35. The van der Waals surface area contributed by atoms with Crippen LogP contribution in [0.25, 0.3) is 10.9 Å². The van der Waals surface area contributed by atoms with Crippen LogP contribution in [-0.4, -0.2) is 28.0 Å². The molecule has 0 saturated carbocycles. The van der Waals surface area contributed by atoms with Crippen molar-refractivity contribution in [2.45, 2.75) is 25.7 Å². The molecular weight excluding hydrogens is 298 g/mol. The Bertz CT molecular complexity index is 913. The van der Waals surface area contributed by atoms with E-state index in [1.807, 2.05) is 0 Å². The first-order valence-electron chi connectivity index (χ1n) is 8.31. The van der Waals surface area contributed by atoms with Gasteiger partial charge in [0.05, 0.1) is 0 Å². The van der Waals surface area contributed by atoms with E-state index in [2.05, 4.69) is 57.1 Å². The van der Waals surface area contributed by atoms with Gasteiger partial charge in [-0.25, -0.2) is 9.97 Å². The Morgan fingerprint density at radius 3 is 2.71 bits per heavy atom. The Labute approximate surface area is 141 Å². The van der Waals surface area contributed by atoms with Crippen molar-refractivity contribution in [3.8, 4) is 6.07 Å². The third-order valence-electron chi connectivity index (χ3n) is 4.93. The molecule has 0 unspecified atom stereocenters. The topological polar surface area (TPSA) is 68.6 Å². The summed E-state index contributed by atoms with van der Waals surface area (Å²) in [6.45, 7) is 3.96. The summed E-state index contributed by atoms with van der Waals surface area (Å²) >= 11 is 0. The van der Waals surface area contributed by atoms with Crippen molar-refractivity contribution < 1.29 is 0 Å². The van der Waals surface area contributed by atoms with Crippen molar-refractivity contribution in [2.75, 3.05) is 18.0 Å². The molecule has 5 nitrogen and oxygen atoms in total. The molecule has 4 rings (SSSR count). The molecule has 0 aliphatic carbocycles. The number of hydrogen-bond donors (Lipinski definition) is 1. The molecule has 0 spiro atoms. The van der Waals surface area contributed by atoms with Gasteiger partial charge in [0, 0.05) is 42.1 Å². The highest BCUT2D eigenvalue weighted by Gasteiger charge is 2.26. The van der Waals surface area contributed by atoms with E-state index in [9.17, 15) is 5.26 Å². The average molecular weight is 317 g/mol. The number of nitriles is 1. The molecule has 0 bridgehead atoms. The van der Waals surface area contributed by atoms with Gasteiger partial charge in [0.2, 0.25) is 0 Å². The summed E-state index contributed by atoms with van der Waals surface area (Å²) in [5.41, 5.74) is 4.35. The molecule has 1 aliphatic rings. The Balaban J connectivity index is 1.58. The molecular formula is C19H19N5. The molecule has 3 aromatic rings. The van der Waals surface area contributed by atoms with E-state index in [0.717, 1.165) is 25.9 Å². The molecule has 24 heavy (non-hydrogen) atoms. The normalized spacial score (nSPS) is 15.6. The number of rotatable bonds is 2. The number of aryl methyl sites for hydroxylation is 1. The van der Waals surface area contributed by atoms with Crippen LogP contribution in [0.3, 0.4) is 0 Å². The van der Waals surface area contributed by atoms with E-state index >= 15 is 0 Å². The van der Waals surface area contributed by atoms with E-state index in [1.54, 1.807) is 12.4 Å². The fraction of sp³-hybridized carbons (Fsp3) is 0.316. The predicted octanol–water partition coefficient (Wildman–Crippen LogP) is 3.52. The van der Waals surface area contributed by atoms with Crippen molar-refractivity contribution in [2.24, 2.45) is 0 Å². The summed E-state index contributed by atoms with van der Waals surface area (Å²) in [5, 5.41) is 10.6. The van der Waals surface area contributed by atoms with E-state index < -0.39 is 0 Å². The lowest BCUT2D eigenvalue weighted by atomic mass is 9.87. The van der Waals surface area contributed by atoms with E-state index in [-0.39, 0.29) is 0 Å². The van der Waals surface area contributed by atoms with Crippen molar-refractivity contribution in [1.82, 2.24) is 15.0 Å². The Morgan fingerprint density at radius 2 is 1.92 bits per heavy atom. The molecule has 2 aromatic heterocycles. The van der Waals surface area contributed by atoms with Gasteiger partial charge in [0.25, 0.3) is 0 Å². The molecule has 3 heterocycles. The van der Waals surface area contributed by atoms with E-state index in [1.165, 1.54) is 22.2 Å². The number of fused-ring (bicyclic) bond motifs is 1. The van der Waals surface area contributed by atoms with Crippen LogP contribution in [0.1, 0.15) is 35.7 Å². The minimum absolute atomic E-state index is 0.416. The van der Waals surface area contributed by atoms with Gasteiger partial charge < -0.3 is 9.88 Å². The Kier molecular flexibility index (Phi) is 3.66. The highest BCUT2D eigenvalue weighted by atomic mass is 15.2. The molecule has 1 aromatic carbocycles. The van der Waals surface area contributed by atoms with Crippen molar-refractivity contribution in [3.63, 3.8) is 0 Å². The lowest BCUT2D eigenvalue weighted by molar-refractivity contribution is 0.502. The van der Waals surface area contributed by atoms with Gasteiger partial charge >= 0.3 is 0 Å². The second kappa shape index (κ2) is 5.97. The molecule has 0 radical (unpaired) electrons. The second-order valence-corrected chi connectivity index (χ2v) is 6.31. The largest absolute Gasteiger partial charge is 0.358 e. The molecule has 1 fully saturated rings. The Morgan fingerprint density at radius 1 is 1.17 bits per heavy atom. The molecule has 1 aliphatic heterocycles. The number of hydrogen-bond acceptors (Lipinski definition) is 4. The molecule has 5 heteroatoms. The first-order valence-corrected chi connectivity index (χ1v) is 8.31. The molecule has 0 amide bonds. The fourth-order valence-electron chi connectivity index (χ4n) is 3.85. The number of nitrogens with one attached hydrogen (secondary N) is 1. The number of benzene rings is 1. The predicted molar refractivity (Wildman–Crippen MR) is 94.0 cm³/mol. The zero-order valence-electron chi connectivity index (χ0n) is 13.7. The highest BCUT2D eigenvalue weighted by Crippen LogP contribution is 2.36. The molecule has 120 valence electrons. The SMILES string of the molecule is Cc1[nH]c2ccccc2c1C1CCN(c2nccnc2C#N)CC1. The zero-order valence-corrected chi connectivity index (χ0v) is 13.7. The summed E-state index contributed by atoms with van der Waals surface area (Å²) in [5.74, 6) is 1.26. The number of para-hydroxylation sites is 1. The van der Waals surface area contributed by atoms with Crippen LogP contribution < -0.4 is 4.90 Å². The molecule has 0 atom stereocenters. The van der Waals surface area contributed by atoms with Crippen molar-refractivity contribution in [1.29, 1.82) is 5.26 Å². The summed E-state index contributed by atoms with van der Waals surface area (Å²) in [6, 6.07) is 10.7. The van der Waals surface area contributed by atoms with Crippen molar-refractivity contribution >= 4 is 16.7 Å². The first-order chi connectivity index (χ1) is 11.8. The van der Waals surface area contributed by atoms with Crippen LogP contribution in [-0.2, 0) is 0 Å². The van der Waals surface area contributed by atoms with Crippen LogP contribution in [0.2, 0.25) is 0 Å². The van der Waals surface area contributed by atoms with Crippen LogP contribution in [0.15, 0.2) is 36.7 Å². The average Bonchev–Trinajstić information content (AvgIpc) is 2.97. The van der Waals surface area contributed by atoms with Gasteiger partial charge in [-0.1, -0.05) is 18.2 Å². The van der Waals surface area contributed by atoms with Crippen LogP contribution in [0.5, 0.6) is 0 Å². The maximum atomic E-state index is 9.22. The monoisotopic (exact) mass is 317 g/mol. The van der Waals surface area contributed by atoms with Crippen LogP contribution >= 0.6 is 0 Å². The lowest BCUT2D eigenvalue weighted by Gasteiger charge is -2.33. The first kappa shape index (κ1) is 14.7. The van der Waals surface area contributed by atoms with E-state index in [4.69, 9.17) is 0 Å². The minimum Gasteiger partial charge on any atom is -0.358 e. The summed E-state index contributed by atoms with van der Waals surface area (Å²) in [4.78, 5) is 14.2. The second-order valence-electron chi connectivity index (χ2n) is 6.31. The number of aromatic nitrogens is 3.